The number of rotatable bonds is 6. The van der Waals surface area contributed by atoms with Crippen LogP contribution in [-0.2, 0) is 0 Å². The van der Waals surface area contributed by atoms with Crippen molar-refractivity contribution in [3.05, 3.63) is 81.3 Å². The largest absolute Gasteiger partial charge is 0.367 e. The highest BCUT2D eigenvalue weighted by Gasteiger charge is 2.30. The van der Waals surface area contributed by atoms with Crippen LogP contribution in [-0.4, -0.2) is 61.0 Å². The average Bonchev–Trinajstić information content (AvgIpc) is 2.91. The first-order chi connectivity index (χ1) is 18.9. The molecule has 0 spiro atoms. The lowest BCUT2D eigenvalue weighted by Crippen LogP contribution is -2.55. The maximum absolute atomic E-state index is 15.6. The summed E-state index contributed by atoms with van der Waals surface area (Å²) < 4.78 is 57.2. The van der Waals surface area contributed by atoms with Crippen molar-refractivity contribution in [2.75, 3.05) is 37.4 Å². The monoisotopic (exact) mass is 559 g/mol. The summed E-state index contributed by atoms with van der Waals surface area (Å²) in [6, 6.07) is 6.87. The van der Waals surface area contributed by atoms with Crippen molar-refractivity contribution in [3.8, 4) is 11.1 Å². The van der Waals surface area contributed by atoms with Gasteiger partial charge < -0.3 is 20.5 Å². The van der Waals surface area contributed by atoms with Crippen molar-refractivity contribution in [3.63, 3.8) is 0 Å². The van der Waals surface area contributed by atoms with Gasteiger partial charge in [0.25, 0.3) is 18.2 Å². The number of piperazine rings is 1. The summed E-state index contributed by atoms with van der Waals surface area (Å²) in [5, 5.41) is 4.93. The van der Waals surface area contributed by atoms with E-state index in [1.54, 1.807) is 0 Å². The fourth-order valence-electron chi connectivity index (χ4n) is 4.80. The van der Waals surface area contributed by atoms with Gasteiger partial charge in [-0.3, -0.25) is 19.3 Å². The highest BCUT2D eigenvalue weighted by molar-refractivity contribution is 6.07. The molecule has 0 radical (unpaired) electrons. The topological polar surface area (TPSA) is 97.5 Å². The van der Waals surface area contributed by atoms with E-state index in [0.29, 0.717) is 24.8 Å². The van der Waals surface area contributed by atoms with E-state index in [1.807, 2.05) is 25.8 Å². The molecule has 4 rings (SSSR count). The van der Waals surface area contributed by atoms with Gasteiger partial charge in [0.2, 0.25) is 5.56 Å². The Morgan fingerprint density at radius 3 is 2.27 bits per heavy atom. The number of H-pyrrole nitrogens is 1. The standard InChI is InChI=1S/C28H29F4N5O3/c1-14-12-37(13-15(2)36(14)4)24-10-22(30)17(16-5-6-21(29)19(7-16)27(39)33-3)8-23(24)35-28(40)20-11-34-25(38)9-18(20)26(31)32/h5-11,14-15,26H,12-13H2,1-4H3,(H,33,39)(H,34,38)(H,35,40). The molecule has 1 saturated heterocycles. The first-order valence-electron chi connectivity index (χ1n) is 12.6. The Labute approximate surface area is 228 Å². The molecule has 1 fully saturated rings. The van der Waals surface area contributed by atoms with Crippen LogP contribution in [0, 0.1) is 11.6 Å². The Balaban J connectivity index is 1.84. The van der Waals surface area contributed by atoms with Crippen molar-refractivity contribution in [1.29, 1.82) is 0 Å². The van der Waals surface area contributed by atoms with Crippen molar-refractivity contribution in [2.24, 2.45) is 0 Å². The second-order valence-electron chi connectivity index (χ2n) is 9.81. The Bertz CT molecular complexity index is 1500. The van der Waals surface area contributed by atoms with Gasteiger partial charge in [-0.15, -0.1) is 0 Å². The van der Waals surface area contributed by atoms with E-state index in [0.717, 1.165) is 12.3 Å². The molecule has 8 nitrogen and oxygen atoms in total. The van der Waals surface area contributed by atoms with E-state index in [4.69, 9.17) is 0 Å². The smallest absolute Gasteiger partial charge is 0.264 e. The van der Waals surface area contributed by atoms with Gasteiger partial charge in [0.1, 0.15) is 11.6 Å². The van der Waals surface area contributed by atoms with E-state index >= 15 is 4.39 Å². The van der Waals surface area contributed by atoms with E-state index in [-0.39, 0.29) is 34.5 Å². The van der Waals surface area contributed by atoms with Crippen LogP contribution in [0.4, 0.5) is 28.9 Å². The van der Waals surface area contributed by atoms with Crippen LogP contribution in [0.25, 0.3) is 11.1 Å². The number of aromatic nitrogens is 1. The van der Waals surface area contributed by atoms with E-state index in [1.165, 1.54) is 31.3 Å². The molecule has 2 atom stereocenters. The number of hydrogen-bond acceptors (Lipinski definition) is 5. The van der Waals surface area contributed by atoms with Crippen LogP contribution < -0.4 is 21.1 Å². The predicted molar refractivity (Wildman–Crippen MR) is 144 cm³/mol. The van der Waals surface area contributed by atoms with Crippen LogP contribution in [0.2, 0.25) is 0 Å². The molecule has 0 saturated carbocycles. The average molecular weight is 560 g/mol. The number of carbonyl (C=O) groups excluding carboxylic acids is 2. The molecule has 0 aliphatic carbocycles. The normalized spacial score (nSPS) is 17.7. The Morgan fingerprint density at radius 2 is 1.65 bits per heavy atom. The van der Waals surface area contributed by atoms with Gasteiger partial charge in [-0.2, -0.15) is 0 Å². The van der Waals surface area contributed by atoms with Crippen LogP contribution in [0.1, 0.15) is 46.6 Å². The summed E-state index contributed by atoms with van der Waals surface area (Å²) in [6.45, 7) is 4.97. The van der Waals surface area contributed by atoms with Crippen molar-refractivity contribution >= 4 is 23.2 Å². The molecular weight excluding hydrogens is 530 g/mol. The lowest BCUT2D eigenvalue weighted by Gasteiger charge is -2.44. The highest BCUT2D eigenvalue weighted by atomic mass is 19.3. The molecule has 2 aromatic carbocycles. The Hall–Kier alpha value is -4.19. The summed E-state index contributed by atoms with van der Waals surface area (Å²) >= 11 is 0. The molecule has 212 valence electrons. The Morgan fingerprint density at radius 1 is 0.975 bits per heavy atom. The summed E-state index contributed by atoms with van der Waals surface area (Å²) in [5.41, 5.74) is -1.74. The summed E-state index contributed by atoms with van der Waals surface area (Å²) in [7, 11) is 3.31. The lowest BCUT2D eigenvalue weighted by atomic mass is 9.99. The molecular formula is C28H29F4N5O3. The van der Waals surface area contributed by atoms with Gasteiger partial charge in [-0.25, -0.2) is 17.6 Å². The zero-order chi connectivity index (χ0) is 29.3. The van der Waals surface area contributed by atoms with Gasteiger partial charge >= 0.3 is 0 Å². The van der Waals surface area contributed by atoms with Gasteiger partial charge in [0.15, 0.2) is 0 Å². The first kappa shape index (κ1) is 28.8. The number of carbonyl (C=O) groups is 2. The molecule has 1 aromatic heterocycles. The maximum Gasteiger partial charge on any atom is 0.264 e. The number of aromatic amines is 1. The number of likely N-dealkylation sites (N-methyl/N-ethyl adjacent to an activating group) is 1. The minimum absolute atomic E-state index is 0.0463. The third kappa shape index (κ3) is 5.71. The van der Waals surface area contributed by atoms with Crippen molar-refractivity contribution < 1.29 is 27.2 Å². The zero-order valence-corrected chi connectivity index (χ0v) is 22.3. The summed E-state index contributed by atoms with van der Waals surface area (Å²) in [5.74, 6) is -3.14. The maximum atomic E-state index is 15.6. The molecule has 3 aromatic rings. The third-order valence-electron chi connectivity index (χ3n) is 7.22. The second-order valence-corrected chi connectivity index (χ2v) is 9.81. The van der Waals surface area contributed by atoms with Gasteiger partial charge in [-0.05, 0) is 50.7 Å². The van der Waals surface area contributed by atoms with Crippen LogP contribution in [0.3, 0.4) is 0 Å². The number of nitrogens with one attached hydrogen (secondary N) is 3. The molecule has 1 aliphatic rings. The second kappa shape index (κ2) is 11.5. The molecule has 12 heteroatoms. The van der Waals surface area contributed by atoms with Gasteiger partial charge in [-0.1, -0.05) is 6.07 Å². The number of nitrogens with zero attached hydrogens (tertiary/aromatic N) is 2. The highest BCUT2D eigenvalue weighted by Crippen LogP contribution is 2.37. The SMILES string of the molecule is CNC(=O)c1cc(-c2cc(NC(=O)c3c[nH]c(=O)cc3C(F)F)c(N3CC(C)N(C)C(C)C3)cc2F)ccc1F. The number of pyridine rings is 1. The minimum atomic E-state index is -3.09. The first-order valence-corrected chi connectivity index (χ1v) is 12.6. The fraction of sp³-hybridized carbons (Fsp3) is 0.321. The number of alkyl halides is 2. The van der Waals surface area contributed by atoms with Gasteiger partial charge in [0, 0.05) is 55.6 Å². The number of amides is 2. The zero-order valence-electron chi connectivity index (χ0n) is 22.3. The molecule has 2 heterocycles. The van der Waals surface area contributed by atoms with Crippen LogP contribution in [0.15, 0.2) is 47.4 Å². The fourth-order valence-corrected chi connectivity index (χ4v) is 4.80. The van der Waals surface area contributed by atoms with Crippen LogP contribution >= 0.6 is 0 Å². The molecule has 40 heavy (non-hydrogen) atoms. The number of halogens is 4. The number of anilines is 2. The lowest BCUT2D eigenvalue weighted by molar-refractivity contribution is 0.0958. The van der Waals surface area contributed by atoms with E-state index in [2.05, 4.69) is 20.5 Å². The van der Waals surface area contributed by atoms with E-state index < -0.39 is 46.6 Å². The molecule has 0 bridgehead atoms. The number of benzene rings is 2. The van der Waals surface area contributed by atoms with Crippen molar-refractivity contribution in [2.45, 2.75) is 32.4 Å². The summed E-state index contributed by atoms with van der Waals surface area (Å²) in [4.78, 5) is 43.3. The third-order valence-corrected chi connectivity index (χ3v) is 7.22. The molecule has 3 N–H and O–H groups in total. The number of hydrogen-bond donors (Lipinski definition) is 3. The van der Waals surface area contributed by atoms with Gasteiger partial charge in [0.05, 0.1) is 22.5 Å². The summed E-state index contributed by atoms with van der Waals surface area (Å²) in [6.07, 6.45) is -2.19. The predicted octanol–water partition coefficient (Wildman–Crippen LogP) is 4.40. The molecule has 2 unspecified atom stereocenters. The minimum Gasteiger partial charge on any atom is -0.367 e. The molecule has 1 aliphatic heterocycles. The van der Waals surface area contributed by atoms with E-state index in [9.17, 15) is 27.6 Å². The molecule has 2 amide bonds. The Kier molecular flexibility index (Phi) is 8.29. The quantitative estimate of drug-likeness (QED) is 0.389. The van der Waals surface area contributed by atoms with Crippen molar-refractivity contribution in [1.82, 2.24) is 15.2 Å². The van der Waals surface area contributed by atoms with Crippen LogP contribution in [0.5, 0.6) is 0 Å².